The number of halogens is 1. The van der Waals surface area contributed by atoms with Crippen molar-refractivity contribution < 1.29 is 19.4 Å². The number of pyridine rings is 1. The average Bonchev–Trinajstić information content (AvgIpc) is 2.62. The Morgan fingerprint density at radius 1 is 1.53 bits per heavy atom. The molecule has 2 aromatic rings. The summed E-state index contributed by atoms with van der Waals surface area (Å²) in [5, 5.41) is 9.13. The number of esters is 1. The maximum absolute atomic E-state index is 11.6. The number of hydrogen-bond acceptors (Lipinski definition) is 4. The number of aromatic nitrogens is 2. The molecule has 0 aliphatic carbocycles. The van der Waals surface area contributed by atoms with Crippen LogP contribution in [-0.2, 0) is 4.74 Å². The molecule has 0 unspecified atom stereocenters. The molecule has 0 aromatic carbocycles. The van der Waals surface area contributed by atoms with Crippen molar-refractivity contribution in [1.82, 2.24) is 9.55 Å². The van der Waals surface area contributed by atoms with E-state index in [1.54, 1.807) is 12.1 Å². The zero-order valence-corrected chi connectivity index (χ0v) is 10.3. The predicted molar refractivity (Wildman–Crippen MR) is 62.2 cm³/mol. The molecular weight excluding hydrogens is 292 g/mol. The lowest BCUT2D eigenvalue weighted by Crippen LogP contribution is -2.16. The molecular formula is C10H7BrN2O4. The van der Waals surface area contributed by atoms with Gasteiger partial charge in [-0.1, -0.05) is 0 Å². The van der Waals surface area contributed by atoms with Gasteiger partial charge >= 0.3 is 12.1 Å². The van der Waals surface area contributed by atoms with Crippen molar-refractivity contribution in [3.05, 3.63) is 28.5 Å². The number of methoxy groups -OCH3 is 1. The van der Waals surface area contributed by atoms with Crippen LogP contribution in [0.4, 0.5) is 4.79 Å². The summed E-state index contributed by atoms with van der Waals surface area (Å²) in [6, 6.07) is 3.16. The van der Waals surface area contributed by atoms with E-state index in [1.165, 1.54) is 13.3 Å². The summed E-state index contributed by atoms with van der Waals surface area (Å²) in [6.07, 6.45) is 0.245. The van der Waals surface area contributed by atoms with Gasteiger partial charge in [0, 0.05) is 6.20 Å². The van der Waals surface area contributed by atoms with Crippen molar-refractivity contribution in [2.45, 2.75) is 0 Å². The average molecular weight is 299 g/mol. The first-order valence-corrected chi connectivity index (χ1v) is 5.33. The van der Waals surface area contributed by atoms with Crippen molar-refractivity contribution in [3.63, 3.8) is 0 Å². The van der Waals surface area contributed by atoms with Crippen LogP contribution in [0, 0.1) is 0 Å². The second kappa shape index (κ2) is 4.17. The molecule has 7 heteroatoms. The number of nitrogens with zero attached hydrogens (tertiary/aromatic N) is 2. The monoisotopic (exact) mass is 298 g/mol. The van der Waals surface area contributed by atoms with Gasteiger partial charge < -0.3 is 9.84 Å². The van der Waals surface area contributed by atoms with Gasteiger partial charge in [-0.25, -0.2) is 14.2 Å². The third-order valence-corrected chi connectivity index (χ3v) is 2.99. The molecule has 0 aliphatic heterocycles. The standard InChI is InChI=1S/C10H7BrN2O4/c1-17-9(14)8-6(11)7-5(3-2-4-12-7)13(8)10(15)16/h2-4H,1H3,(H,15,16). The van der Waals surface area contributed by atoms with Gasteiger partial charge in [0.25, 0.3) is 0 Å². The molecule has 0 amide bonds. The minimum atomic E-state index is -1.27. The number of carboxylic acid groups (broad SMARTS) is 1. The summed E-state index contributed by atoms with van der Waals surface area (Å²) < 4.78 is 5.71. The highest BCUT2D eigenvalue weighted by Crippen LogP contribution is 2.29. The molecule has 0 atom stereocenters. The first-order chi connectivity index (χ1) is 8.07. The zero-order valence-electron chi connectivity index (χ0n) is 8.68. The molecule has 0 saturated heterocycles. The summed E-state index contributed by atoms with van der Waals surface area (Å²) in [7, 11) is 1.19. The van der Waals surface area contributed by atoms with E-state index < -0.39 is 12.1 Å². The zero-order chi connectivity index (χ0) is 12.6. The van der Waals surface area contributed by atoms with Crippen LogP contribution >= 0.6 is 15.9 Å². The van der Waals surface area contributed by atoms with Crippen molar-refractivity contribution >= 4 is 39.0 Å². The van der Waals surface area contributed by atoms with Gasteiger partial charge in [0.1, 0.15) is 5.52 Å². The van der Waals surface area contributed by atoms with Crippen LogP contribution in [0.25, 0.3) is 11.0 Å². The van der Waals surface area contributed by atoms with E-state index in [1.807, 2.05) is 0 Å². The Hall–Kier alpha value is -1.89. The topological polar surface area (TPSA) is 81.4 Å². The van der Waals surface area contributed by atoms with E-state index in [4.69, 9.17) is 5.11 Å². The van der Waals surface area contributed by atoms with E-state index >= 15 is 0 Å². The SMILES string of the molecule is COC(=O)c1c(Br)c2ncccc2n1C(=O)O. The number of fused-ring (bicyclic) bond motifs is 1. The molecule has 0 fully saturated rings. The van der Waals surface area contributed by atoms with Crippen LogP contribution in [0.5, 0.6) is 0 Å². The molecule has 2 heterocycles. The molecule has 0 spiro atoms. The third kappa shape index (κ3) is 1.68. The van der Waals surface area contributed by atoms with Gasteiger partial charge in [0.05, 0.1) is 17.1 Å². The molecule has 17 heavy (non-hydrogen) atoms. The third-order valence-electron chi connectivity index (χ3n) is 2.24. The maximum atomic E-state index is 11.6. The fourth-order valence-corrected chi connectivity index (χ4v) is 2.20. The molecule has 0 aliphatic rings. The Bertz CT molecular complexity index is 620. The van der Waals surface area contributed by atoms with Crippen molar-refractivity contribution in [2.24, 2.45) is 0 Å². The Kier molecular flexibility index (Phi) is 2.84. The highest BCUT2D eigenvalue weighted by Gasteiger charge is 2.25. The Morgan fingerprint density at radius 2 is 2.24 bits per heavy atom. The van der Waals surface area contributed by atoms with Crippen LogP contribution in [0.3, 0.4) is 0 Å². The summed E-state index contributed by atoms with van der Waals surface area (Å²) in [5.74, 6) is -0.739. The van der Waals surface area contributed by atoms with Crippen molar-refractivity contribution in [2.75, 3.05) is 7.11 Å². The van der Waals surface area contributed by atoms with E-state index in [9.17, 15) is 9.59 Å². The second-order valence-corrected chi connectivity index (χ2v) is 3.94. The lowest BCUT2D eigenvalue weighted by molar-refractivity contribution is 0.0587. The maximum Gasteiger partial charge on any atom is 0.416 e. The van der Waals surface area contributed by atoms with E-state index in [0.717, 1.165) is 4.57 Å². The normalized spacial score (nSPS) is 10.5. The Morgan fingerprint density at radius 3 is 2.82 bits per heavy atom. The predicted octanol–water partition coefficient (Wildman–Crippen LogP) is 2.11. The van der Waals surface area contributed by atoms with Crippen molar-refractivity contribution in [1.29, 1.82) is 0 Å². The first-order valence-electron chi connectivity index (χ1n) is 4.54. The fraction of sp³-hybridized carbons (Fsp3) is 0.100. The summed E-state index contributed by atoms with van der Waals surface area (Å²) in [5.41, 5.74) is 0.635. The van der Waals surface area contributed by atoms with Crippen molar-refractivity contribution in [3.8, 4) is 0 Å². The molecule has 0 bridgehead atoms. The first kappa shape index (κ1) is 11.6. The summed E-state index contributed by atoms with van der Waals surface area (Å²) in [6.45, 7) is 0. The van der Waals surface area contributed by atoms with Gasteiger partial charge in [-0.05, 0) is 28.1 Å². The minimum Gasteiger partial charge on any atom is -0.464 e. The molecule has 0 saturated carbocycles. The van der Waals surface area contributed by atoms with Crippen LogP contribution in [0.1, 0.15) is 10.5 Å². The molecule has 2 rings (SSSR count). The highest BCUT2D eigenvalue weighted by atomic mass is 79.9. The Labute approximate surface area is 104 Å². The van der Waals surface area contributed by atoms with Crippen LogP contribution in [0.15, 0.2) is 22.8 Å². The van der Waals surface area contributed by atoms with Gasteiger partial charge in [-0.15, -0.1) is 0 Å². The molecule has 2 aromatic heterocycles. The quantitative estimate of drug-likeness (QED) is 0.816. The molecule has 6 nitrogen and oxygen atoms in total. The van der Waals surface area contributed by atoms with Crippen LogP contribution in [0.2, 0.25) is 0 Å². The smallest absolute Gasteiger partial charge is 0.416 e. The second-order valence-electron chi connectivity index (χ2n) is 3.14. The van der Waals surface area contributed by atoms with Gasteiger partial charge in [0.15, 0.2) is 5.69 Å². The Balaban J connectivity index is 2.90. The summed E-state index contributed by atoms with van der Waals surface area (Å²) in [4.78, 5) is 26.8. The molecule has 88 valence electrons. The van der Waals surface area contributed by atoms with Crippen LogP contribution in [-0.4, -0.2) is 33.8 Å². The number of carbonyl (C=O) groups excluding carboxylic acids is 1. The van der Waals surface area contributed by atoms with E-state index in [0.29, 0.717) is 15.5 Å². The molecule has 1 N–H and O–H groups in total. The largest absolute Gasteiger partial charge is 0.464 e. The minimum absolute atomic E-state index is 0.0892. The van der Waals surface area contributed by atoms with Crippen LogP contribution < -0.4 is 0 Å². The number of rotatable bonds is 1. The lowest BCUT2D eigenvalue weighted by Gasteiger charge is -2.02. The van der Waals surface area contributed by atoms with Gasteiger partial charge in [-0.2, -0.15) is 0 Å². The van der Waals surface area contributed by atoms with Gasteiger partial charge in [0.2, 0.25) is 0 Å². The number of hydrogen-bond donors (Lipinski definition) is 1. The number of carbonyl (C=O) groups is 2. The van der Waals surface area contributed by atoms with E-state index in [-0.39, 0.29) is 5.69 Å². The fourth-order valence-electron chi connectivity index (χ4n) is 1.55. The summed E-state index contributed by atoms with van der Waals surface area (Å²) >= 11 is 3.16. The molecule has 0 radical (unpaired) electrons. The van der Waals surface area contributed by atoms with Gasteiger partial charge in [-0.3, -0.25) is 4.98 Å². The highest BCUT2D eigenvalue weighted by molar-refractivity contribution is 9.10. The van der Waals surface area contributed by atoms with E-state index in [2.05, 4.69) is 25.7 Å². The number of ether oxygens (including phenoxy) is 1. The lowest BCUT2D eigenvalue weighted by atomic mass is 10.4.